The molecule has 1 saturated heterocycles. The van der Waals surface area contributed by atoms with E-state index < -0.39 is 0 Å². The topological polar surface area (TPSA) is 45.7 Å². The van der Waals surface area contributed by atoms with E-state index in [0.29, 0.717) is 0 Å². The van der Waals surface area contributed by atoms with Crippen LogP contribution in [0.2, 0.25) is 0 Å². The average Bonchev–Trinajstić information content (AvgIpc) is 3.07. The van der Waals surface area contributed by atoms with Gasteiger partial charge in [0.2, 0.25) is 0 Å². The first-order valence-electron chi connectivity index (χ1n) is 9.88. The van der Waals surface area contributed by atoms with E-state index in [2.05, 4.69) is 16.7 Å². The molecule has 1 aromatic carbocycles. The number of ketones is 1. The van der Waals surface area contributed by atoms with Crippen LogP contribution in [0.15, 0.2) is 24.3 Å². The zero-order valence-corrected chi connectivity index (χ0v) is 18.4. The number of carbonyl (C=O) groups excluding carboxylic acids is 1. The van der Waals surface area contributed by atoms with E-state index >= 15 is 0 Å². The van der Waals surface area contributed by atoms with Crippen LogP contribution in [-0.4, -0.2) is 62.1 Å². The Morgan fingerprint density at radius 2 is 1.79 bits per heavy atom. The van der Waals surface area contributed by atoms with Crippen molar-refractivity contribution in [2.75, 3.05) is 51.3 Å². The number of nitrogens with zero attached hydrogens (tertiary/aromatic N) is 3. The van der Waals surface area contributed by atoms with Crippen molar-refractivity contribution in [2.45, 2.75) is 27.7 Å². The summed E-state index contributed by atoms with van der Waals surface area (Å²) in [6, 6.07) is 7.90. The molecule has 0 saturated carbocycles. The van der Waals surface area contributed by atoms with Gasteiger partial charge < -0.3 is 9.64 Å². The predicted molar refractivity (Wildman–Crippen MR) is 117 cm³/mol. The lowest BCUT2D eigenvalue weighted by Gasteiger charge is -2.34. The van der Waals surface area contributed by atoms with Gasteiger partial charge in [0, 0.05) is 61.3 Å². The van der Waals surface area contributed by atoms with E-state index in [4.69, 9.17) is 9.72 Å². The lowest BCUT2D eigenvalue weighted by atomic mass is 9.86. The minimum Gasteiger partial charge on any atom is -0.383 e. The van der Waals surface area contributed by atoms with Crippen molar-refractivity contribution in [1.29, 1.82) is 0 Å². The molecule has 0 bridgehead atoms. The number of hydrogen-bond donors (Lipinski definition) is 0. The van der Waals surface area contributed by atoms with Crippen LogP contribution in [0.25, 0.3) is 11.3 Å². The van der Waals surface area contributed by atoms with E-state index in [1.807, 2.05) is 45.0 Å². The molecule has 2 aromatic rings. The van der Waals surface area contributed by atoms with Crippen LogP contribution in [0.1, 0.15) is 36.0 Å². The summed E-state index contributed by atoms with van der Waals surface area (Å²) in [5, 5.41) is 1.09. The number of anilines is 1. The second-order valence-corrected chi connectivity index (χ2v) is 9.56. The first-order valence-corrected chi connectivity index (χ1v) is 10.7. The first-order chi connectivity index (χ1) is 13.3. The maximum atomic E-state index is 12.5. The van der Waals surface area contributed by atoms with E-state index in [9.17, 15) is 4.79 Å². The summed E-state index contributed by atoms with van der Waals surface area (Å²) in [6.07, 6.45) is 0. The number of Topliss-reactive ketones (excluding diaryl/α,β-unsaturated/α-hetero) is 1. The zero-order valence-electron chi connectivity index (χ0n) is 17.6. The number of benzene rings is 1. The normalized spacial score (nSPS) is 15.8. The minimum absolute atomic E-state index is 0.168. The van der Waals surface area contributed by atoms with Crippen molar-refractivity contribution in [1.82, 2.24) is 9.88 Å². The van der Waals surface area contributed by atoms with Crippen LogP contribution in [0.4, 0.5) is 5.13 Å². The van der Waals surface area contributed by atoms with E-state index in [0.717, 1.165) is 61.3 Å². The van der Waals surface area contributed by atoms with Gasteiger partial charge in [0.05, 0.1) is 12.3 Å². The number of piperazine rings is 1. The van der Waals surface area contributed by atoms with Crippen molar-refractivity contribution in [2.24, 2.45) is 5.41 Å². The molecule has 6 heteroatoms. The number of rotatable bonds is 6. The van der Waals surface area contributed by atoms with Gasteiger partial charge in [-0.05, 0) is 6.92 Å². The Balaban J connectivity index is 1.70. The summed E-state index contributed by atoms with van der Waals surface area (Å²) < 4.78 is 5.18. The van der Waals surface area contributed by atoms with Crippen LogP contribution in [0.3, 0.4) is 0 Å². The third kappa shape index (κ3) is 4.80. The molecule has 1 aliphatic heterocycles. The zero-order chi connectivity index (χ0) is 20.3. The highest BCUT2D eigenvalue weighted by atomic mass is 32.1. The first kappa shape index (κ1) is 21.0. The highest BCUT2D eigenvalue weighted by Gasteiger charge is 2.24. The number of ether oxygens (including phenoxy) is 1. The molecule has 152 valence electrons. The van der Waals surface area contributed by atoms with Crippen molar-refractivity contribution >= 4 is 22.3 Å². The lowest BCUT2D eigenvalue weighted by molar-refractivity contribution is 0.0858. The van der Waals surface area contributed by atoms with Gasteiger partial charge in [-0.15, -0.1) is 11.3 Å². The fourth-order valence-corrected chi connectivity index (χ4v) is 4.36. The van der Waals surface area contributed by atoms with E-state index in [1.165, 1.54) is 4.88 Å². The maximum Gasteiger partial charge on any atom is 0.186 e. The standard InChI is InChI=1S/C22H31N3O2S/c1-16-19(17-6-8-18(9-7-17)20(26)22(2,3)4)23-21(28-16)25-12-10-24(11-13-25)14-15-27-5/h6-9H,10-15H2,1-5H3. The number of hydrogen-bond acceptors (Lipinski definition) is 6. The van der Waals surface area contributed by atoms with Gasteiger partial charge in [0.1, 0.15) is 0 Å². The van der Waals surface area contributed by atoms with Crippen LogP contribution in [0, 0.1) is 12.3 Å². The molecule has 2 heterocycles. The lowest BCUT2D eigenvalue weighted by Crippen LogP contribution is -2.47. The van der Waals surface area contributed by atoms with Gasteiger partial charge in [0.25, 0.3) is 0 Å². The summed E-state index contributed by atoms with van der Waals surface area (Å²) in [5.41, 5.74) is 2.49. The molecule has 28 heavy (non-hydrogen) atoms. The second kappa shape index (κ2) is 8.72. The van der Waals surface area contributed by atoms with Crippen LogP contribution < -0.4 is 4.90 Å². The monoisotopic (exact) mass is 401 g/mol. The molecule has 0 radical (unpaired) electrons. The van der Waals surface area contributed by atoms with Crippen LogP contribution in [0.5, 0.6) is 0 Å². The summed E-state index contributed by atoms with van der Waals surface area (Å²) >= 11 is 1.75. The molecule has 1 aromatic heterocycles. The largest absolute Gasteiger partial charge is 0.383 e. The molecule has 1 fully saturated rings. The molecule has 0 N–H and O–H groups in total. The highest BCUT2D eigenvalue weighted by Crippen LogP contribution is 2.33. The Morgan fingerprint density at radius 3 is 2.36 bits per heavy atom. The quantitative estimate of drug-likeness (QED) is 0.682. The number of carbonyl (C=O) groups is 1. The molecular formula is C22H31N3O2S. The summed E-state index contributed by atoms with van der Waals surface area (Å²) in [4.78, 5) is 23.4. The highest BCUT2D eigenvalue weighted by molar-refractivity contribution is 7.16. The number of aromatic nitrogens is 1. The maximum absolute atomic E-state index is 12.5. The Bertz CT molecular complexity index is 800. The summed E-state index contributed by atoms with van der Waals surface area (Å²) in [6.45, 7) is 13.8. The number of methoxy groups -OCH3 is 1. The fourth-order valence-electron chi connectivity index (χ4n) is 3.38. The molecule has 0 aliphatic carbocycles. The number of aryl methyl sites for hydroxylation is 1. The molecule has 3 rings (SSSR count). The molecular weight excluding hydrogens is 370 g/mol. The molecule has 5 nitrogen and oxygen atoms in total. The molecule has 1 aliphatic rings. The summed E-state index contributed by atoms with van der Waals surface area (Å²) in [7, 11) is 1.75. The van der Waals surface area contributed by atoms with Crippen molar-refractivity contribution in [3.8, 4) is 11.3 Å². The smallest absolute Gasteiger partial charge is 0.186 e. The fraction of sp³-hybridized carbons (Fsp3) is 0.545. The van der Waals surface area contributed by atoms with Gasteiger partial charge in [-0.2, -0.15) is 0 Å². The van der Waals surface area contributed by atoms with Gasteiger partial charge in [0.15, 0.2) is 10.9 Å². The van der Waals surface area contributed by atoms with Crippen molar-refractivity contribution < 1.29 is 9.53 Å². The van der Waals surface area contributed by atoms with Crippen LogP contribution >= 0.6 is 11.3 Å². The SMILES string of the molecule is COCCN1CCN(c2nc(-c3ccc(C(=O)C(C)(C)C)cc3)c(C)s2)CC1. The minimum atomic E-state index is -0.364. The van der Waals surface area contributed by atoms with Gasteiger partial charge in [-0.25, -0.2) is 4.98 Å². The molecule has 0 spiro atoms. The van der Waals surface area contributed by atoms with Crippen molar-refractivity contribution in [3.63, 3.8) is 0 Å². The van der Waals surface area contributed by atoms with E-state index in [-0.39, 0.29) is 11.2 Å². The Kier molecular flexibility index (Phi) is 6.53. The predicted octanol–water partition coefficient (Wildman–Crippen LogP) is 4.12. The van der Waals surface area contributed by atoms with Gasteiger partial charge >= 0.3 is 0 Å². The third-order valence-corrected chi connectivity index (χ3v) is 6.17. The average molecular weight is 402 g/mol. The summed E-state index contributed by atoms with van der Waals surface area (Å²) in [5.74, 6) is 0.168. The Morgan fingerprint density at radius 1 is 1.14 bits per heavy atom. The van der Waals surface area contributed by atoms with Crippen LogP contribution in [-0.2, 0) is 4.74 Å². The molecule has 0 atom stereocenters. The number of thiazole rings is 1. The third-order valence-electron chi connectivity index (χ3n) is 5.14. The van der Waals surface area contributed by atoms with Crippen molar-refractivity contribution in [3.05, 3.63) is 34.7 Å². The van der Waals surface area contributed by atoms with Gasteiger partial charge in [-0.3, -0.25) is 9.69 Å². The molecule has 0 unspecified atom stereocenters. The second-order valence-electron chi connectivity index (χ2n) is 8.38. The Hall–Kier alpha value is -1.76. The van der Waals surface area contributed by atoms with E-state index in [1.54, 1.807) is 18.4 Å². The Labute approximate surface area is 172 Å². The van der Waals surface area contributed by atoms with Gasteiger partial charge in [-0.1, -0.05) is 45.0 Å². The molecule has 0 amide bonds.